The van der Waals surface area contributed by atoms with Crippen LogP contribution >= 0.6 is 11.6 Å². The SMILES string of the molecule is Cn1cccc1CNc1cc(F)ccc1Cl. The van der Waals surface area contributed by atoms with Gasteiger partial charge in [0.15, 0.2) is 0 Å². The van der Waals surface area contributed by atoms with Crippen LogP contribution in [-0.2, 0) is 13.6 Å². The number of nitrogens with zero attached hydrogens (tertiary/aromatic N) is 1. The normalized spacial score (nSPS) is 10.4. The number of rotatable bonds is 3. The monoisotopic (exact) mass is 238 g/mol. The molecule has 0 aliphatic rings. The summed E-state index contributed by atoms with van der Waals surface area (Å²) < 4.78 is 15.0. The van der Waals surface area contributed by atoms with Crippen molar-refractivity contribution in [3.8, 4) is 0 Å². The van der Waals surface area contributed by atoms with Gasteiger partial charge in [0.25, 0.3) is 0 Å². The van der Waals surface area contributed by atoms with Crippen LogP contribution in [0.1, 0.15) is 5.69 Å². The summed E-state index contributed by atoms with van der Waals surface area (Å²) in [5.74, 6) is -0.293. The molecule has 1 heterocycles. The molecule has 2 nitrogen and oxygen atoms in total. The largest absolute Gasteiger partial charge is 0.378 e. The first-order valence-electron chi connectivity index (χ1n) is 4.96. The fraction of sp³-hybridized carbons (Fsp3) is 0.167. The van der Waals surface area contributed by atoms with Gasteiger partial charge < -0.3 is 9.88 Å². The second-order valence-corrected chi connectivity index (χ2v) is 4.00. The summed E-state index contributed by atoms with van der Waals surface area (Å²) in [6.07, 6.45) is 1.96. The van der Waals surface area contributed by atoms with E-state index in [1.807, 2.05) is 29.9 Å². The topological polar surface area (TPSA) is 17.0 Å². The van der Waals surface area contributed by atoms with Gasteiger partial charge in [0.05, 0.1) is 17.3 Å². The maximum atomic E-state index is 13.0. The van der Waals surface area contributed by atoms with E-state index in [2.05, 4.69) is 5.32 Å². The van der Waals surface area contributed by atoms with Gasteiger partial charge in [0, 0.05) is 18.9 Å². The molecule has 0 spiro atoms. The number of aryl methyl sites for hydroxylation is 1. The number of benzene rings is 1. The van der Waals surface area contributed by atoms with Crippen LogP contribution in [0.5, 0.6) is 0 Å². The molecule has 0 saturated heterocycles. The molecule has 0 atom stereocenters. The van der Waals surface area contributed by atoms with E-state index in [9.17, 15) is 4.39 Å². The average molecular weight is 239 g/mol. The van der Waals surface area contributed by atoms with E-state index in [0.717, 1.165) is 5.69 Å². The summed E-state index contributed by atoms with van der Waals surface area (Å²) in [7, 11) is 1.96. The van der Waals surface area contributed by atoms with Gasteiger partial charge in [-0.25, -0.2) is 4.39 Å². The first-order chi connectivity index (χ1) is 7.66. The van der Waals surface area contributed by atoms with E-state index in [4.69, 9.17) is 11.6 Å². The Balaban J connectivity index is 2.10. The third-order valence-corrected chi connectivity index (χ3v) is 2.77. The summed E-state index contributed by atoms with van der Waals surface area (Å²) in [5.41, 5.74) is 1.73. The molecule has 1 N–H and O–H groups in total. The van der Waals surface area contributed by atoms with Crippen LogP contribution in [0.15, 0.2) is 36.5 Å². The minimum absolute atomic E-state index is 0.293. The van der Waals surface area contributed by atoms with Crippen LogP contribution < -0.4 is 5.32 Å². The molecule has 16 heavy (non-hydrogen) atoms. The lowest BCUT2D eigenvalue weighted by Crippen LogP contribution is -2.04. The van der Waals surface area contributed by atoms with Crippen molar-refractivity contribution in [3.63, 3.8) is 0 Å². The summed E-state index contributed by atoms with van der Waals surface area (Å²) in [5, 5.41) is 3.63. The molecule has 4 heteroatoms. The zero-order valence-corrected chi connectivity index (χ0v) is 9.63. The summed E-state index contributed by atoms with van der Waals surface area (Å²) in [4.78, 5) is 0. The summed E-state index contributed by atoms with van der Waals surface area (Å²) in [6, 6.07) is 8.25. The lowest BCUT2D eigenvalue weighted by atomic mass is 10.3. The predicted molar refractivity (Wildman–Crippen MR) is 64.1 cm³/mol. The molecule has 0 saturated carbocycles. The Morgan fingerprint density at radius 2 is 2.19 bits per heavy atom. The van der Waals surface area contributed by atoms with Gasteiger partial charge in [0.1, 0.15) is 5.82 Å². The molecule has 1 aromatic carbocycles. The maximum absolute atomic E-state index is 13.0. The van der Waals surface area contributed by atoms with Crippen molar-refractivity contribution in [1.29, 1.82) is 0 Å². The van der Waals surface area contributed by atoms with Gasteiger partial charge >= 0.3 is 0 Å². The predicted octanol–water partition coefficient (Wildman–Crippen LogP) is 3.43. The van der Waals surface area contributed by atoms with Crippen LogP contribution in [0.2, 0.25) is 5.02 Å². The summed E-state index contributed by atoms with van der Waals surface area (Å²) in [6.45, 7) is 0.618. The Kier molecular flexibility index (Phi) is 3.15. The van der Waals surface area contributed by atoms with Crippen LogP contribution in [0, 0.1) is 5.82 Å². The lowest BCUT2D eigenvalue weighted by molar-refractivity contribution is 0.628. The molecule has 2 aromatic rings. The molecular formula is C12H12ClFN2. The highest BCUT2D eigenvalue weighted by atomic mass is 35.5. The highest BCUT2D eigenvalue weighted by Gasteiger charge is 2.02. The van der Waals surface area contributed by atoms with Crippen molar-refractivity contribution < 1.29 is 4.39 Å². The van der Waals surface area contributed by atoms with Crippen molar-refractivity contribution in [1.82, 2.24) is 4.57 Å². The van der Waals surface area contributed by atoms with Gasteiger partial charge in [-0.3, -0.25) is 0 Å². The molecule has 0 unspecified atom stereocenters. The standard InChI is InChI=1S/C12H12ClFN2/c1-16-6-2-3-10(16)8-15-12-7-9(14)4-5-11(12)13/h2-7,15H,8H2,1H3. The highest BCUT2D eigenvalue weighted by molar-refractivity contribution is 6.33. The van der Waals surface area contributed by atoms with E-state index in [-0.39, 0.29) is 5.82 Å². The van der Waals surface area contributed by atoms with Crippen molar-refractivity contribution in [2.45, 2.75) is 6.54 Å². The van der Waals surface area contributed by atoms with Gasteiger partial charge in [-0.05, 0) is 30.3 Å². The summed E-state index contributed by atoms with van der Waals surface area (Å²) >= 11 is 5.94. The first kappa shape index (κ1) is 11.0. The zero-order valence-electron chi connectivity index (χ0n) is 8.87. The van der Waals surface area contributed by atoms with E-state index in [1.165, 1.54) is 12.1 Å². The molecule has 2 rings (SSSR count). The van der Waals surface area contributed by atoms with Crippen LogP contribution in [0.25, 0.3) is 0 Å². The minimum Gasteiger partial charge on any atom is -0.378 e. The fourth-order valence-electron chi connectivity index (χ4n) is 1.50. The minimum atomic E-state index is -0.293. The Bertz CT molecular complexity index is 494. The van der Waals surface area contributed by atoms with E-state index in [0.29, 0.717) is 17.3 Å². The molecule has 0 aliphatic carbocycles. The van der Waals surface area contributed by atoms with E-state index >= 15 is 0 Å². The van der Waals surface area contributed by atoms with Crippen LogP contribution in [0.4, 0.5) is 10.1 Å². The molecule has 1 aromatic heterocycles. The van der Waals surface area contributed by atoms with Gasteiger partial charge in [-0.2, -0.15) is 0 Å². The molecule has 0 radical (unpaired) electrons. The van der Waals surface area contributed by atoms with Gasteiger partial charge in [-0.1, -0.05) is 11.6 Å². The van der Waals surface area contributed by atoms with Gasteiger partial charge in [0.2, 0.25) is 0 Å². The second-order valence-electron chi connectivity index (χ2n) is 3.59. The molecule has 0 amide bonds. The third kappa shape index (κ3) is 2.36. The Morgan fingerprint density at radius 3 is 2.88 bits per heavy atom. The average Bonchev–Trinajstić information content (AvgIpc) is 2.66. The van der Waals surface area contributed by atoms with E-state index in [1.54, 1.807) is 6.07 Å². The molecule has 0 aliphatic heterocycles. The quantitative estimate of drug-likeness (QED) is 0.867. The van der Waals surface area contributed by atoms with Crippen LogP contribution in [-0.4, -0.2) is 4.57 Å². The smallest absolute Gasteiger partial charge is 0.125 e. The number of hydrogen-bond donors (Lipinski definition) is 1. The Labute approximate surface area is 98.7 Å². The van der Waals surface area contributed by atoms with Crippen molar-refractivity contribution in [2.24, 2.45) is 7.05 Å². The Hall–Kier alpha value is -1.48. The second kappa shape index (κ2) is 4.58. The third-order valence-electron chi connectivity index (χ3n) is 2.44. The maximum Gasteiger partial charge on any atom is 0.125 e. The van der Waals surface area contributed by atoms with Gasteiger partial charge in [-0.15, -0.1) is 0 Å². The number of aromatic nitrogens is 1. The number of hydrogen-bond acceptors (Lipinski definition) is 1. The lowest BCUT2D eigenvalue weighted by Gasteiger charge is -2.09. The van der Waals surface area contributed by atoms with Crippen molar-refractivity contribution in [3.05, 3.63) is 53.1 Å². The van der Waals surface area contributed by atoms with Crippen LogP contribution in [0.3, 0.4) is 0 Å². The number of nitrogens with one attached hydrogen (secondary N) is 1. The molecule has 84 valence electrons. The van der Waals surface area contributed by atoms with Crippen molar-refractivity contribution >= 4 is 17.3 Å². The Morgan fingerprint density at radius 1 is 1.38 bits per heavy atom. The molecule has 0 bridgehead atoms. The van der Waals surface area contributed by atoms with Crippen molar-refractivity contribution in [2.75, 3.05) is 5.32 Å². The highest BCUT2D eigenvalue weighted by Crippen LogP contribution is 2.22. The number of halogens is 2. The van der Waals surface area contributed by atoms with E-state index < -0.39 is 0 Å². The number of anilines is 1. The zero-order chi connectivity index (χ0) is 11.5. The molecule has 0 fully saturated rings. The fourth-order valence-corrected chi connectivity index (χ4v) is 1.68. The molecular weight excluding hydrogens is 227 g/mol. The first-order valence-corrected chi connectivity index (χ1v) is 5.34.